The van der Waals surface area contributed by atoms with E-state index >= 15 is 0 Å². The summed E-state index contributed by atoms with van der Waals surface area (Å²) >= 11 is 1.39. The summed E-state index contributed by atoms with van der Waals surface area (Å²) in [4.78, 5) is 24.5. The van der Waals surface area contributed by atoms with Gasteiger partial charge in [0, 0.05) is 7.05 Å². The first-order valence-corrected chi connectivity index (χ1v) is 7.16. The molecule has 0 amide bonds. The Labute approximate surface area is 120 Å². The molecule has 108 valence electrons. The second-order valence-electron chi connectivity index (χ2n) is 5.12. The molecule has 0 saturated heterocycles. The van der Waals surface area contributed by atoms with Crippen LogP contribution in [0.5, 0.6) is 5.75 Å². The standard InChI is InChI=1S/C14H17NO4S/c1-7(2)5-8-6-20-13-9(8)11(16)10(14(18)19-4)12(17)15(13)3/h6-7,16H,5H2,1-4H3. The number of hydrogen-bond acceptors (Lipinski definition) is 5. The van der Waals surface area contributed by atoms with Crippen molar-refractivity contribution in [3.8, 4) is 5.75 Å². The molecule has 0 aliphatic heterocycles. The SMILES string of the molecule is COC(=O)c1c(O)c2c(CC(C)C)csc2n(C)c1=O. The molecular weight excluding hydrogens is 278 g/mol. The van der Waals surface area contributed by atoms with Crippen LogP contribution in [0.25, 0.3) is 10.2 Å². The number of pyridine rings is 1. The number of carbonyl (C=O) groups is 1. The van der Waals surface area contributed by atoms with Crippen molar-refractivity contribution in [1.82, 2.24) is 4.57 Å². The number of aromatic hydroxyl groups is 1. The summed E-state index contributed by atoms with van der Waals surface area (Å²) in [5.74, 6) is -0.676. The van der Waals surface area contributed by atoms with Gasteiger partial charge in [0.25, 0.3) is 5.56 Å². The molecule has 0 atom stereocenters. The van der Waals surface area contributed by atoms with Crippen LogP contribution in [0.3, 0.4) is 0 Å². The Morgan fingerprint density at radius 1 is 1.50 bits per heavy atom. The van der Waals surface area contributed by atoms with E-state index in [0.717, 1.165) is 12.0 Å². The number of aromatic nitrogens is 1. The zero-order valence-corrected chi connectivity index (χ0v) is 12.7. The Bertz CT molecular complexity index is 727. The minimum Gasteiger partial charge on any atom is -0.506 e. The molecule has 6 heteroatoms. The normalized spacial score (nSPS) is 11.2. The van der Waals surface area contributed by atoms with E-state index in [9.17, 15) is 14.7 Å². The number of thiophene rings is 1. The fourth-order valence-electron chi connectivity index (χ4n) is 2.24. The first-order chi connectivity index (χ1) is 9.38. The van der Waals surface area contributed by atoms with E-state index < -0.39 is 11.5 Å². The van der Waals surface area contributed by atoms with Gasteiger partial charge in [-0.1, -0.05) is 13.8 Å². The molecule has 0 unspecified atom stereocenters. The maximum absolute atomic E-state index is 12.1. The van der Waals surface area contributed by atoms with E-state index in [1.807, 2.05) is 5.38 Å². The largest absolute Gasteiger partial charge is 0.506 e. The van der Waals surface area contributed by atoms with E-state index in [2.05, 4.69) is 18.6 Å². The summed E-state index contributed by atoms with van der Waals surface area (Å²) in [5, 5.41) is 12.8. The van der Waals surface area contributed by atoms with Gasteiger partial charge in [-0.15, -0.1) is 11.3 Å². The van der Waals surface area contributed by atoms with E-state index in [1.54, 1.807) is 7.05 Å². The maximum Gasteiger partial charge on any atom is 0.347 e. The Morgan fingerprint density at radius 2 is 2.15 bits per heavy atom. The molecule has 20 heavy (non-hydrogen) atoms. The Kier molecular flexibility index (Phi) is 3.85. The lowest BCUT2D eigenvalue weighted by Gasteiger charge is -2.09. The lowest BCUT2D eigenvalue weighted by atomic mass is 10.0. The predicted octanol–water partition coefficient (Wildman–Crippen LogP) is 2.29. The molecule has 0 aliphatic rings. The smallest absolute Gasteiger partial charge is 0.347 e. The molecule has 0 spiro atoms. The number of nitrogens with zero attached hydrogens (tertiary/aromatic N) is 1. The summed E-state index contributed by atoms with van der Waals surface area (Å²) in [7, 11) is 2.78. The van der Waals surface area contributed by atoms with E-state index in [-0.39, 0.29) is 11.3 Å². The van der Waals surface area contributed by atoms with Crippen LogP contribution >= 0.6 is 11.3 Å². The molecule has 0 aliphatic carbocycles. The number of esters is 1. The highest BCUT2D eigenvalue weighted by Crippen LogP contribution is 2.35. The van der Waals surface area contributed by atoms with Crippen molar-refractivity contribution in [2.45, 2.75) is 20.3 Å². The van der Waals surface area contributed by atoms with Crippen LogP contribution in [0.15, 0.2) is 10.2 Å². The van der Waals surface area contributed by atoms with Crippen LogP contribution in [-0.4, -0.2) is 22.8 Å². The first-order valence-electron chi connectivity index (χ1n) is 6.28. The molecular formula is C14H17NO4S. The third kappa shape index (κ3) is 2.20. The highest BCUT2D eigenvalue weighted by atomic mass is 32.1. The summed E-state index contributed by atoms with van der Waals surface area (Å²) in [6.45, 7) is 4.15. The molecule has 2 aromatic rings. The van der Waals surface area contributed by atoms with E-state index in [0.29, 0.717) is 16.1 Å². The molecule has 2 heterocycles. The average molecular weight is 295 g/mol. The van der Waals surface area contributed by atoms with Gasteiger partial charge in [0.1, 0.15) is 10.6 Å². The van der Waals surface area contributed by atoms with Crippen LogP contribution in [0.4, 0.5) is 0 Å². The molecule has 0 fully saturated rings. The predicted molar refractivity (Wildman–Crippen MR) is 78.6 cm³/mol. The van der Waals surface area contributed by atoms with Crippen molar-refractivity contribution in [3.05, 3.63) is 26.9 Å². The van der Waals surface area contributed by atoms with E-state index in [1.165, 1.54) is 23.0 Å². The van der Waals surface area contributed by atoms with Crippen molar-refractivity contribution < 1.29 is 14.6 Å². The highest BCUT2D eigenvalue weighted by molar-refractivity contribution is 7.17. The molecule has 0 saturated carbocycles. The minimum absolute atomic E-state index is 0.271. The molecule has 0 bridgehead atoms. The summed E-state index contributed by atoms with van der Waals surface area (Å²) < 4.78 is 5.98. The van der Waals surface area contributed by atoms with Gasteiger partial charge in [0.15, 0.2) is 5.56 Å². The fraction of sp³-hybridized carbons (Fsp3) is 0.429. The van der Waals surface area contributed by atoms with Crippen LogP contribution in [0.1, 0.15) is 29.8 Å². The molecule has 2 rings (SSSR count). The number of methoxy groups -OCH3 is 1. The summed E-state index contributed by atoms with van der Waals surface area (Å²) in [6, 6.07) is 0. The van der Waals surface area contributed by atoms with Crippen molar-refractivity contribution in [2.75, 3.05) is 7.11 Å². The van der Waals surface area contributed by atoms with Gasteiger partial charge in [0.05, 0.1) is 12.5 Å². The van der Waals surface area contributed by atoms with Crippen molar-refractivity contribution in [3.63, 3.8) is 0 Å². The Balaban J connectivity index is 2.83. The minimum atomic E-state index is -0.813. The lowest BCUT2D eigenvalue weighted by molar-refractivity contribution is 0.0595. The second-order valence-corrected chi connectivity index (χ2v) is 5.98. The number of fused-ring (bicyclic) bond motifs is 1. The monoisotopic (exact) mass is 295 g/mol. The van der Waals surface area contributed by atoms with Crippen molar-refractivity contribution in [1.29, 1.82) is 0 Å². The van der Waals surface area contributed by atoms with Crippen LogP contribution in [-0.2, 0) is 18.2 Å². The number of hydrogen-bond donors (Lipinski definition) is 1. The van der Waals surface area contributed by atoms with E-state index in [4.69, 9.17) is 0 Å². The number of rotatable bonds is 3. The van der Waals surface area contributed by atoms with Gasteiger partial charge < -0.3 is 14.4 Å². The molecule has 0 aromatic carbocycles. The zero-order valence-electron chi connectivity index (χ0n) is 11.9. The average Bonchev–Trinajstić information content (AvgIpc) is 2.79. The molecule has 1 N–H and O–H groups in total. The maximum atomic E-state index is 12.1. The Hall–Kier alpha value is -1.82. The lowest BCUT2D eigenvalue weighted by Crippen LogP contribution is -2.25. The van der Waals surface area contributed by atoms with Gasteiger partial charge in [0.2, 0.25) is 0 Å². The highest BCUT2D eigenvalue weighted by Gasteiger charge is 2.24. The first kappa shape index (κ1) is 14.6. The summed E-state index contributed by atoms with van der Waals surface area (Å²) in [6.07, 6.45) is 0.770. The van der Waals surface area contributed by atoms with Crippen LogP contribution < -0.4 is 5.56 Å². The van der Waals surface area contributed by atoms with Gasteiger partial charge in [-0.2, -0.15) is 0 Å². The van der Waals surface area contributed by atoms with Crippen LogP contribution in [0, 0.1) is 5.92 Å². The quantitative estimate of drug-likeness (QED) is 0.882. The zero-order chi connectivity index (χ0) is 15.0. The molecule has 0 radical (unpaired) electrons. The van der Waals surface area contributed by atoms with Crippen molar-refractivity contribution >= 4 is 27.5 Å². The van der Waals surface area contributed by atoms with Gasteiger partial charge in [-0.25, -0.2) is 4.79 Å². The third-order valence-electron chi connectivity index (χ3n) is 3.16. The molecule has 2 aromatic heterocycles. The summed E-state index contributed by atoms with van der Waals surface area (Å²) in [5.41, 5.74) is 0.101. The molecule has 5 nitrogen and oxygen atoms in total. The third-order valence-corrected chi connectivity index (χ3v) is 4.27. The van der Waals surface area contributed by atoms with Gasteiger partial charge in [-0.05, 0) is 23.3 Å². The topological polar surface area (TPSA) is 68.5 Å². The second kappa shape index (κ2) is 5.28. The number of carbonyl (C=O) groups excluding carboxylic acids is 1. The fourth-order valence-corrected chi connectivity index (χ4v) is 3.30. The number of aryl methyl sites for hydroxylation is 1. The number of ether oxygens (including phenoxy) is 1. The van der Waals surface area contributed by atoms with Gasteiger partial charge in [-0.3, -0.25) is 4.79 Å². The van der Waals surface area contributed by atoms with Crippen LogP contribution in [0.2, 0.25) is 0 Å². The Morgan fingerprint density at radius 3 is 2.70 bits per heavy atom. The van der Waals surface area contributed by atoms with Gasteiger partial charge >= 0.3 is 5.97 Å². The van der Waals surface area contributed by atoms with Crippen molar-refractivity contribution in [2.24, 2.45) is 13.0 Å².